The number of hydrogen-bond acceptors (Lipinski definition) is 5. The van der Waals surface area contributed by atoms with Crippen LogP contribution in [0.15, 0.2) is 120 Å². The Bertz CT molecular complexity index is 1710. The average molecular weight is 548 g/mol. The van der Waals surface area contributed by atoms with E-state index in [1.807, 2.05) is 91.0 Å². The molecule has 1 atom stereocenters. The van der Waals surface area contributed by atoms with E-state index in [2.05, 4.69) is 10.6 Å². The summed E-state index contributed by atoms with van der Waals surface area (Å²) in [4.78, 5) is 37.7. The molecule has 2 N–H and O–H groups in total. The topological polar surface area (TPSA) is 101 Å². The second kappa shape index (κ2) is 11.8. The van der Waals surface area contributed by atoms with Crippen molar-refractivity contribution < 1.29 is 14.5 Å². The number of amides is 2. The van der Waals surface area contributed by atoms with E-state index in [1.165, 1.54) is 23.9 Å². The van der Waals surface area contributed by atoms with E-state index in [0.29, 0.717) is 22.5 Å². The molecule has 0 saturated heterocycles. The lowest BCUT2D eigenvalue weighted by Crippen LogP contribution is -2.19. The van der Waals surface area contributed by atoms with Gasteiger partial charge in [-0.25, -0.2) is 0 Å². The van der Waals surface area contributed by atoms with Crippen LogP contribution in [0, 0.1) is 17.0 Å². The first-order chi connectivity index (χ1) is 19.4. The van der Waals surface area contributed by atoms with Crippen LogP contribution in [0.4, 0.5) is 17.1 Å². The zero-order chi connectivity index (χ0) is 28.1. The fourth-order valence-electron chi connectivity index (χ4n) is 4.29. The Labute approximate surface area is 235 Å². The summed E-state index contributed by atoms with van der Waals surface area (Å²) < 4.78 is 0. The number of aryl methyl sites for hydroxylation is 1. The summed E-state index contributed by atoms with van der Waals surface area (Å²) >= 11 is 1.38. The Balaban J connectivity index is 1.31. The lowest BCUT2D eigenvalue weighted by molar-refractivity contribution is -0.384. The molecule has 0 aromatic heterocycles. The van der Waals surface area contributed by atoms with Crippen LogP contribution in [-0.2, 0) is 4.79 Å². The maximum Gasteiger partial charge on any atom is 0.269 e. The van der Waals surface area contributed by atoms with Crippen LogP contribution in [0.2, 0.25) is 0 Å². The lowest BCUT2D eigenvalue weighted by atomic mass is 10.1. The number of non-ortho nitro benzene ring substituents is 1. The average Bonchev–Trinajstić information content (AvgIpc) is 2.97. The number of anilines is 2. The first-order valence-electron chi connectivity index (χ1n) is 12.5. The fraction of sp³-hybridized carbons (Fsp3) is 0.0625. The van der Waals surface area contributed by atoms with Gasteiger partial charge >= 0.3 is 0 Å². The van der Waals surface area contributed by atoms with Crippen molar-refractivity contribution in [3.05, 3.63) is 142 Å². The van der Waals surface area contributed by atoms with Crippen molar-refractivity contribution in [2.24, 2.45) is 0 Å². The van der Waals surface area contributed by atoms with E-state index in [-0.39, 0.29) is 17.5 Å². The number of hydrogen-bond donors (Lipinski definition) is 2. The smallest absolute Gasteiger partial charge is 0.269 e. The number of benzene rings is 5. The third-order valence-electron chi connectivity index (χ3n) is 6.40. The molecule has 8 heteroatoms. The van der Waals surface area contributed by atoms with Gasteiger partial charge in [0, 0.05) is 34.0 Å². The molecule has 7 nitrogen and oxygen atoms in total. The van der Waals surface area contributed by atoms with Gasteiger partial charge in [0.05, 0.1) is 4.92 Å². The monoisotopic (exact) mass is 547 g/mol. The summed E-state index contributed by atoms with van der Waals surface area (Å²) in [6.45, 7) is 1.72. The van der Waals surface area contributed by atoms with Crippen molar-refractivity contribution in [1.29, 1.82) is 0 Å². The largest absolute Gasteiger partial charge is 0.325 e. The summed E-state index contributed by atoms with van der Waals surface area (Å²) in [6, 6.07) is 34.6. The second-order valence-electron chi connectivity index (χ2n) is 9.19. The third kappa shape index (κ3) is 6.19. The highest BCUT2D eigenvalue weighted by molar-refractivity contribution is 8.00. The highest BCUT2D eigenvalue weighted by atomic mass is 32.2. The number of carbonyl (C=O) groups is 2. The summed E-state index contributed by atoms with van der Waals surface area (Å²) in [7, 11) is 0. The quantitative estimate of drug-likeness (QED) is 0.117. The van der Waals surface area contributed by atoms with E-state index in [4.69, 9.17) is 0 Å². The molecule has 0 heterocycles. The molecule has 5 rings (SSSR count). The van der Waals surface area contributed by atoms with Crippen molar-refractivity contribution in [2.75, 3.05) is 10.6 Å². The van der Waals surface area contributed by atoms with Gasteiger partial charge in [0.1, 0.15) is 5.25 Å². The van der Waals surface area contributed by atoms with Crippen molar-refractivity contribution in [3.8, 4) is 0 Å². The summed E-state index contributed by atoms with van der Waals surface area (Å²) in [6.07, 6.45) is 0. The van der Waals surface area contributed by atoms with Gasteiger partial charge in [0.15, 0.2) is 0 Å². The SMILES string of the molecule is Cc1cc([N+](=O)[O-])ccc1NC(=O)C(Sc1ccc(NC(=O)c2ccc3ccccc3c2)cc1)c1ccccc1. The van der Waals surface area contributed by atoms with Crippen LogP contribution in [0.1, 0.15) is 26.7 Å². The molecule has 0 bridgehead atoms. The third-order valence-corrected chi connectivity index (χ3v) is 7.66. The Morgan fingerprint density at radius 1 is 0.775 bits per heavy atom. The van der Waals surface area contributed by atoms with E-state index in [1.54, 1.807) is 19.1 Å². The Morgan fingerprint density at radius 2 is 1.48 bits per heavy atom. The number of nitro groups is 1. The Kier molecular flexibility index (Phi) is 7.89. The number of fused-ring (bicyclic) bond motifs is 1. The van der Waals surface area contributed by atoms with E-state index in [9.17, 15) is 19.7 Å². The van der Waals surface area contributed by atoms with Crippen LogP contribution in [0.25, 0.3) is 10.8 Å². The van der Waals surface area contributed by atoms with Gasteiger partial charge in [-0.15, -0.1) is 11.8 Å². The van der Waals surface area contributed by atoms with Gasteiger partial charge in [0.2, 0.25) is 5.91 Å². The minimum absolute atomic E-state index is 0.0303. The zero-order valence-corrected chi connectivity index (χ0v) is 22.4. The molecule has 40 heavy (non-hydrogen) atoms. The number of rotatable bonds is 8. The molecule has 198 valence electrons. The molecular weight excluding hydrogens is 522 g/mol. The maximum absolute atomic E-state index is 13.4. The first-order valence-corrected chi connectivity index (χ1v) is 13.4. The molecule has 2 amide bonds. The van der Waals surface area contributed by atoms with Gasteiger partial charge in [-0.2, -0.15) is 0 Å². The maximum atomic E-state index is 13.4. The molecule has 0 aliphatic rings. The van der Waals surface area contributed by atoms with Gasteiger partial charge in [0.25, 0.3) is 11.6 Å². The molecule has 5 aromatic rings. The molecule has 0 spiro atoms. The summed E-state index contributed by atoms with van der Waals surface area (Å²) in [5.74, 6) is -0.451. The number of nitro benzene ring substituents is 1. The van der Waals surface area contributed by atoms with Gasteiger partial charge in [-0.05, 0) is 71.3 Å². The molecular formula is C32H25N3O4S. The normalized spacial score (nSPS) is 11.5. The second-order valence-corrected chi connectivity index (χ2v) is 10.4. The fourth-order valence-corrected chi connectivity index (χ4v) is 5.31. The van der Waals surface area contributed by atoms with Crippen LogP contribution in [0.5, 0.6) is 0 Å². The standard InChI is InChI=1S/C32H25N3O4S/c1-21-19-27(35(38)39)15-18-29(21)34-32(37)30(23-8-3-2-4-9-23)40-28-16-13-26(14-17-28)33-31(36)25-12-11-22-7-5-6-10-24(22)20-25/h2-20,30H,1H3,(H,33,36)(H,34,37). The summed E-state index contributed by atoms with van der Waals surface area (Å²) in [5, 5.41) is 18.4. The number of carbonyl (C=O) groups excluding carboxylic acids is 2. The minimum atomic E-state index is -0.575. The summed E-state index contributed by atoms with van der Waals surface area (Å²) in [5.41, 5.74) is 3.12. The molecule has 5 aromatic carbocycles. The molecule has 0 aliphatic carbocycles. The van der Waals surface area contributed by atoms with Crippen molar-refractivity contribution in [2.45, 2.75) is 17.1 Å². The molecule has 0 aliphatic heterocycles. The van der Waals surface area contributed by atoms with Crippen LogP contribution < -0.4 is 10.6 Å². The minimum Gasteiger partial charge on any atom is -0.325 e. The predicted molar refractivity (Wildman–Crippen MR) is 160 cm³/mol. The molecule has 0 saturated carbocycles. The van der Waals surface area contributed by atoms with E-state index in [0.717, 1.165) is 21.2 Å². The van der Waals surface area contributed by atoms with Gasteiger partial charge in [-0.3, -0.25) is 19.7 Å². The van der Waals surface area contributed by atoms with E-state index >= 15 is 0 Å². The van der Waals surface area contributed by atoms with Crippen LogP contribution in [0.3, 0.4) is 0 Å². The number of nitrogens with one attached hydrogen (secondary N) is 2. The molecule has 0 radical (unpaired) electrons. The lowest BCUT2D eigenvalue weighted by Gasteiger charge is -2.18. The Morgan fingerprint density at radius 3 is 2.17 bits per heavy atom. The highest BCUT2D eigenvalue weighted by Gasteiger charge is 2.23. The van der Waals surface area contributed by atoms with Crippen molar-refractivity contribution >= 4 is 51.4 Å². The van der Waals surface area contributed by atoms with Gasteiger partial charge in [-0.1, -0.05) is 60.7 Å². The molecule has 1 unspecified atom stereocenters. The van der Waals surface area contributed by atoms with Crippen LogP contribution >= 0.6 is 11.8 Å². The number of thioether (sulfide) groups is 1. The zero-order valence-electron chi connectivity index (χ0n) is 21.5. The van der Waals surface area contributed by atoms with E-state index < -0.39 is 10.2 Å². The Hall–Kier alpha value is -4.95. The predicted octanol–water partition coefficient (Wildman–Crippen LogP) is 7.78. The van der Waals surface area contributed by atoms with Gasteiger partial charge < -0.3 is 10.6 Å². The van der Waals surface area contributed by atoms with Crippen LogP contribution in [-0.4, -0.2) is 16.7 Å². The van der Waals surface area contributed by atoms with Crippen molar-refractivity contribution in [3.63, 3.8) is 0 Å². The first kappa shape index (κ1) is 26.6. The number of nitrogens with zero attached hydrogens (tertiary/aromatic N) is 1. The molecule has 0 fully saturated rings. The highest BCUT2D eigenvalue weighted by Crippen LogP contribution is 2.37. The van der Waals surface area contributed by atoms with Crippen molar-refractivity contribution in [1.82, 2.24) is 0 Å².